The first-order valence-electron chi connectivity index (χ1n) is 7.84. The highest BCUT2D eigenvalue weighted by atomic mass is 35.5. The largest absolute Gasteiger partial charge is 0.309 e. The number of halogens is 1. The molecular weight excluding hydrogens is 322 g/mol. The lowest BCUT2D eigenvalue weighted by molar-refractivity contribution is 0.355. The standard InChI is InChI=1S/C18H23N5.ClH/c1-18(2,3)23-13-16(12-21-23)11-20-10-15-4-6-17(7-5-15)22-9-8-19-14-22;/h4-9,12-14,20H,10-11H2,1-3H3;1H. The molecule has 0 saturated carbocycles. The third kappa shape index (κ3) is 4.46. The van der Waals surface area contributed by atoms with Crippen LogP contribution in [0, 0.1) is 0 Å². The summed E-state index contributed by atoms with van der Waals surface area (Å²) in [6, 6.07) is 8.49. The normalized spacial score (nSPS) is 11.3. The maximum atomic E-state index is 4.42. The van der Waals surface area contributed by atoms with Crippen molar-refractivity contribution in [2.24, 2.45) is 0 Å². The number of rotatable bonds is 5. The zero-order valence-electron chi connectivity index (χ0n) is 14.3. The molecule has 0 saturated heterocycles. The first kappa shape index (κ1) is 18.2. The van der Waals surface area contributed by atoms with Crippen molar-refractivity contribution in [2.75, 3.05) is 0 Å². The Morgan fingerprint density at radius 1 is 1.04 bits per heavy atom. The molecule has 1 N–H and O–H groups in total. The molecule has 6 heteroatoms. The second-order valence-corrected chi connectivity index (χ2v) is 6.70. The monoisotopic (exact) mass is 345 g/mol. The summed E-state index contributed by atoms with van der Waals surface area (Å²) < 4.78 is 4.00. The van der Waals surface area contributed by atoms with E-state index >= 15 is 0 Å². The predicted molar refractivity (Wildman–Crippen MR) is 98.6 cm³/mol. The van der Waals surface area contributed by atoms with E-state index in [1.54, 1.807) is 12.5 Å². The highest BCUT2D eigenvalue weighted by Gasteiger charge is 2.13. The summed E-state index contributed by atoms with van der Waals surface area (Å²) in [5.74, 6) is 0. The molecule has 128 valence electrons. The van der Waals surface area contributed by atoms with Crippen molar-refractivity contribution in [2.45, 2.75) is 39.4 Å². The molecular formula is C18H24ClN5. The summed E-state index contributed by atoms with van der Waals surface area (Å²) in [5, 5.41) is 7.89. The van der Waals surface area contributed by atoms with Crippen LogP contribution in [0.3, 0.4) is 0 Å². The van der Waals surface area contributed by atoms with E-state index in [2.05, 4.69) is 66.6 Å². The predicted octanol–water partition coefficient (Wildman–Crippen LogP) is 3.54. The molecule has 3 aromatic rings. The molecule has 5 nitrogen and oxygen atoms in total. The van der Waals surface area contributed by atoms with E-state index in [1.807, 2.05) is 21.6 Å². The first-order valence-corrected chi connectivity index (χ1v) is 7.84. The van der Waals surface area contributed by atoms with Gasteiger partial charge in [0, 0.05) is 42.9 Å². The highest BCUT2D eigenvalue weighted by Crippen LogP contribution is 2.13. The van der Waals surface area contributed by atoms with Crippen LogP contribution in [0.2, 0.25) is 0 Å². The van der Waals surface area contributed by atoms with E-state index in [0.29, 0.717) is 0 Å². The van der Waals surface area contributed by atoms with Crippen LogP contribution in [0.4, 0.5) is 0 Å². The van der Waals surface area contributed by atoms with Gasteiger partial charge in [-0.15, -0.1) is 12.4 Å². The van der Waals surface area contributed by atoms with Crippen molar-refractivity contribution < 1.29 is 0 Å². The van der Waals surface area contributed by atoms with Crippen molar-refractivity contribution >= 4 is 12.4 Å². The Bertz CT molecular complexity index is 739. The molecule has 3 rings (SSSR count). The molecule has 0 spiro atoms. The Morgan fingerprint density at radius 3 is 2.33 bits per heavy atom. The van der Waals surface area contributed by atoms with Crippen LogP contribution < -0.4 is 5.32 Å². The van der Waals surface area contributed by atoms with Gasteiger partial charge in [-0.3, -0.25) is 4.68 Å². The molecule has 0 bridgehead atoms. The van der Waals surface area contributed by atoms with Gasteiger partial charge in [-0.05, 0) is 38.5 Å². The number of hydrogen-bond donors (Lipinski definition) is 1. The Morgan fingerprint density at radius 2 is 1.75 bits per heavy atom. The summed E-state index contributed by atoms with van der Waals surface area (Å²) in [6.07, 6.45) is 9.57. The average Bonchev–Trinajstić information content (AvgIpc) is 3.19. The summed E-state index contributed by atoms with van der Waals surface area (Å²) in [5.41, 5.74) is 3.62. The molecule has 0 atom stereocenters. The number of imidazole rings is 1. The van der Waals surface area contributed by atoms with Crippen LogP contribution in [0.25, 0.3) is 5.69 Å². The van der Waals surface area contributed by atoms with Gasteiger partial charge in [-0.2, -0.15) is 5.10 Å². The summed E-state index contributed by atoms with van der Waals surface area (Å²) >= 11 is 0. The molecule has 1 aromatic carbocycles. The number of aromatic nitrogens is 4. The lowest BCUT2D eigenvalue weighted by Crippen LogP contribution is -2.22. The Kier molecular flexibility index (Phi) is 5.80. The fourth-order valence-corrected chi connectivity index (χ4v) is 2.37. The quantitative estimate of drug-likeness (QED) is 0.769. The van der Waals surface area contributed by atoms with Gasteiger partial charge in [0.15, 0.2) is 0 Å². The zero-order valence-corrected chi connectivity index (χ0v) is 15.1. The lowest BCUT2D eigenvalue weighted by Gasteiger charge is -2.18. The van der Waals surface area contributed by atoms with Gasteiger partial charge in [0.2, 0.25) is 0 Å². The molecule has 0 fully saturated rings. The molecule has 0 unspecified atom stereocenters. The van der Waals surface area contributed by atoms with Crippen molar-refractivity contribution in [1.29, 1.82) is 0 Å². The molecule has 0 radical (unpaired) electrons. The SMILES string of the molecule is CC(C)(C)n1cc(CNCc2ccc(-n3ccnc3)cc2)cn1.Cl. The Balaban J connectivity index is 0.00000208. The summed E-state index contributed by atoms with van der Waals surface area (Å²) in [7, 11) is 0. The van der Waals surface area contributed by atoms with Crippen molar-refractivity contribution in [3.05, 3.63) is 66.5 Å². The van der Waals surface area contributed by atoms with Crippen LogP contribution >= 0.6 is 12.4 Å². The van der Waals surface area contributed by atoms with Gasteiger partial charge in [-0.1, -0.05) is 12.1 Å². The van der Waals surface area contributed by atoms with Crippen LogP contribution in [0.5, 0.6) is 0 Å². The van der Waals surface area contributed by atoms with Crippen LogP contribution in [-0.4, -0.2) is 19.3 Å². The topological polar surface area (TPSA) is 47.7 Å². The van der Waals surface area contributed by atoms with Gasteiger partial charge >= 0.3 is 0 Å². The third-order valence-corrected chi connectivity index (χ3v) is 3.72. The van der Waals surface area contributed by atoms with E-state index < -0.39 is 0 Å². The highest BCUT2D eigenvalue weighted by molar-refractivity contribution is 5.85. The smallest absolute Gasteiger partial charge is 0.0991 e. The third-order valence-electron chi connectivity index (χ3n) is 3.72. The average molecular weight is 346 g/mol. The molecule has 0 amide bonds. The number of benzene rings is 1. The molecule has 24 heavy (non-hydrogen) atoms. The minimum Gasteiger partial charge on any atom is -0.309 e. The van der Waals surface area contributed by atoms with Gasteiger partial charge in [0.25, 0.3) is 0 Å². The van der Waals surface area contributed by atoms with E-state index in [0.717, 1.165) is 18.8 Å². The van der Waals surface area contributed by atoms with E-state index in [1.165, 1.54) is 11.1 Å². The minimum absolute atomic E-state index is 0. The molecule has 0 aliphatic heterocycles. The second kappa shape index (κ2) is 7.64. The molecule has 2 heterocycles. The maximum Gasteiger partial charge on any atom is 0.0991 e. The molecule has 0 aliphatic carbocycles. The number of nitrogens with zero attached hydrogens (tertiary/aromatic N) is 4. The van der Waals surface area contributed by atoms with Gasteiger partial charge in [0.05, 0.1) is 18.1 Å². The van der Waals surface area contributed by atoms with Crippen molar-refractivity contribution in [3.63, 3.8) is 0 Å². The van der Waals surface area contributed by atoms with Gasteiger partial charge in [0.1, 0.15) is 0 Å². The minimum atomic E-state index is 0. The van der Waals surface area contributed by atoms with Crippen LogP contribution in [0.1, 0.15) is 31.9 Å². The Labute approximate surface area is 149 Å². The summed E-state index contributed by atoms with van der Waals surface area (Å²) in [6.45, 7) is 8.11. The number of nitrogens with one attached hydrogen (secondary N) is 1. The second-order valence-electron chi connectivity index (χ2n) is 6.70. The van der Waals surface area contributed by atoms with E-state index in [4.69, 9.17) is 0 Å². The van der Waals surface area contributed by atoms with Crippen molar-refractivity contribution in [3.8, 4) is 5.69 Å². The van der Waals surface area contributed by atoms with Crippen LogP contribution in [0.15, 0.2) is 55.4 Å². The van der Waals surface area contributed by atoms with Gasteiger partial charge < -0.3 is 9.88 Å². The van der Waals surface area contributed by atoms with Crippen LogP contribution in [-0.2, 0) is 18.6 Å². The molecule has 0 aliphatic rings. The zero-order chi connectivity index (χ0) is 16.3. The lowest BCUT2D eigenvalue weighted by atomic mass is 10.1. The Hall–Kier alpha value is -2.11. The fourth-order valence-electron chi connectivity index (χ4n) is 2.37. The number of hydrogen-bond acceptors (Lipinski definition) is 3. The van der Waals surface area contributed by atoms with E-state index in [-0.39, 0.29) is 17.9 Å². The maximum absolute atomic E-state index is 4.42. The summed E-state index contributed by atoms with van der Waals surface area (Å²) in [4.78, 5) is 4.07. The molecule has 2 aromatic heterocycles. The van der Waals surface area contributed by atoms with Crippen molar-refractivity contribution in [1.82, 2.24) is 24.6 Å². The fraction of sp³-hybridized carbons (Fsp3) is 0.333. The van der Waals surface area contributed by atoms with Gasteiger partial charge in [-0.25, -0.2) is 4.98 Å². The van der Waals surface area contributed by atoms with E-state index in [9.17, 15) is 0 Å². The first-order chi connectivity index (χ1) is 11.0.